The average molecular weight is 378 g/mol. The van der Waals surface area contributed by atoms with E-state index in [4.69, 9.17) is 16.6 Å². The number of aromatic nitrogens is 2. The van der Waals surface area contributed by atoms with Crippen LogP contribution in [0.5, 0.6) is 0 Å². The molecule has 0 saturated heterocycles. The fourth-order valence-electron chi connectivity index (χ4n) is 3.93. The maximum absolute atomic E-state index is 13.4. The second-order valence-electron chi connectivity index (χ2n) is 6.82. The molecule has 1 aromatic heterocycles. The van der Waals surface area contributed by atoms with Crippen LogP contribution in [-0.2, 0) is 0 Å². The highest BCUT2D eigenvalue weighted by Crippen LogP contribution is 2.42. The van der Waals surface area contributed by atoms with Crippen molar-refractivity contribution < 1.29 is 4.39 Å². The fraction of sp³-hybridized carbons (Fsp3) is 0.136. The molecular weight excluding hydrogens is 361 g/mol. The summed E-state index contributed by atoms with van der Waals surface area (Å²) in [6.45, 7) is 0. The highest BCUT2D eigenvalue weighted by atomic mass is 35.5. The summed E-state index contributed by atoms with van der Waals surface area (Å²) in [6, 6.07) is 22.8. The summed E-state index contributed by atoms with van der Waals surface area (Å²) in [5.41, 5.74) is 4.11. The molecule has 3 aromatic carbocycles. The van der Waals surface area contributed by atoms with Crippen LogP contribution in [0.3, 0.4) is 0 Å². The lowest BCUT2D eigenvalue weighted by molar-refractivity contribution is 0.477. The minimum absolute atomic E-state index is 0.0242. The Kier molecular flexibility index (Phi) is 3.87. The molecule has 0 aliphatic carbocycles. The zero-order valence-electron chi connectivity index (χ0n) is 14.4. The number of halogens is 2. The van der Waals surface area contributed by atoms with Gasteiger partial charge in [-0.1, -0.05) is 54.1 Å². The number of nitrogens with one attached hydrogen (secondary N) is 1. The van der Waals surface area contributed by atoms with Gasteiger partial charge in [0.05, 0.1) is 23.1 Å². The van der Waals surface area contributed by atoms with Gasteiger partial charge in [0.1, 0.15) is 5.82 Å². The summed E-state index contributed by atoms with van der Waals surface area (Å²) in [5, 5.41) is 4.27. The van der Waals surface area contributed by atoms with E-state index in [9.17, 15) is 4.39 Å². The van der Waals surface area contributed by atoms with Crippen molar-refractivity contribution in [1.29, 1.82) is 0 Å². The maximum Gasteiger partial charge on any atom is 0.204 e. The van der Waals surface area contributed by atoms with Gasteiger partial charge in [0.15, 0.2) is 0 Å². The highest BCUT2D eigenvalue weighted by molar-refractivity contribution is 6.31. The largest absolute Gasteiger partial charge is 0.349 e. The van der Waals surface area contributed by atoms with Crippen molar-refractivity contribution in [3.63, 3.8) is 0 Å². The van der Waals surface area contributed by atoms with E-state index in [0.29, 0.717) is 0 Å². The zero-order chi connectivity index (χ0) is 18.4. The predicted octanol–water partition coefficient (Wildman–Crippen LogP) is 5.98. The molecule has 4 aromatic rings. The van der Waals surface area contributed by atoms with Gasteiger partial charge in [-0.3, -0.25) is 0 Å². The molecule has 0 fully saturated rings. The molecule has 0 bridgehead atoms. The van der Waals surface area contributed by atoms with Crippen LogP contribution in [0.15, 0.2) is 72.8 Å². The number of anilines is 1. The first-order chi connectivity index (χ1) is 13.2. The van der Waals surface area contributed by atoms with Gasteiger partial charge in [-0.2, -0.15) is 0 Å². The van der Waals surface area contributed by atoms with Gasteiger partial charge in [-0.05, 0) is 47.9 Å². The SMILES string of the molecule is Fc1ccc([C@H]2C[C@@H](c3ccccc3Cl)n3c(nc4ccccc43)N2)cc1. The summed E-state index contributed by atoms with van der Waals surface area (Å²) < 4.78 is 15.6. The topological polar surface area (TPSA) is 29.9 Å². The Morgan fingerprint density at radius 3 is 2.52 bits per heavy atom. The van der Waals surface area contributed by atoms with Crippen molar-refractivity contribution in [2.75, 3.05) is 5.32 Å². The third-order valence-electron chi connectivity index (χ3n) is 5.21. The number of rotatable bonds is 2. The molecule has 1 aliphatic heterocycles. The van der Waals surface area contributed by atoms with Crippen LogP contribution in [0, 0.1) is 5.82 Å². The Bertz CT molecular complexity index is 1120. The van der Waals surface area contributed by atoms with Gasteiger partial charge in [-0.25, -0.2) is 9.37 Å². The van der Waals surface area contributed by atoms with E-state index in [2.05, 4.69) is 22.0 Å². The standard InChI is InChI=1S/C22H17ClFN3/c23-17-6-2-1-5-16(17)21-13-19(14-9-11-15(24)12-10-14)26-22-25-18-7-3-4-8-20(18)27(21)22/h1-12,19,21H,13H2,(H,25,26)/t19-,21+/m1/s1. The summed E-state index contributed by atoms with van der Waals surface area (Å²) in [6.07, 6.45) is 0.794. The quantitative estimate of drug-likeness (QED) is 0.466. The van der Waals surface area contributed by atoms with Crippen molar-refractivity contribution >= 4 is 28.6 Å². The Morgan fingerprint density at radius 1 is 0.963 bits per heavy atom. The molecule has 0 saturated carbocycles. The molecule has 27 heavy (non-hydrogen) atoms. The lowest BCUT2D eigenvalue weighted by Crippen LogP contribution is -2.27. The molecule has 0 radical (unpaired) electrons. The molecule has 5 heteroatoms. The number of hydrogen-bond donors (Lipinski definition) is 1. The minimum Gasteiger partial charge on any atom is -0.349 e. The monoisotopic (exact) mass is 377 g/mol. The van der Waals surface area contributed by atoms with Crippen LogP contribution >= 0.6 is 11.6 Å². The zero-order valence-corrected chi connectivity index (χ0v) is 15.2. The lowest BCUT2D eigenvalue weighted by Gasteiger charge is -2.34. The molecule has 0 spiro atoms. The summed E-state index contributed by atoms with van der Waals surface area (Å²) in [5.74, 6) is 0.575. The first kappa shape index (κ1) is 16.3. The normalized spacial score (nSPS) is 18.9. The van der Waals surface area contributed by atoms with E-state index in [0.717, 1.165) is 39.6 Å². The smallest absolute Gasteiger partial charge is 0.204 e. The second kappa shape index (κ2) is 6.39. The maximum atomic E-state index is 13.4. The van der Waals surface area contributed by atoms with Crippen LogP contribution in [0.4, 0.5) is 10.3 Å². The van der Waals surface area contributed by atoms with E-state index in [1.165, 1.54) is 12.1 Å². The highest BCUT2D eigenvalue weighted by Gasteiger charge is 2.31. The van der Waals surface area contributed by atoms with E-state index in [1.54, 1.807) is 0 Å². The van der Waals surface area contributed by atoms with Gasteiger partial charge >= 0.3 is 0 Å². The van der Waals surface area contributed by atoms with Crippen LogP contribution in [0.1, 0.15) is 29.6 Å². The number of benzene rings is 3. The van der Waals surface area contributed by atoms with Gasteiger partial charge in [0.2, 0.25) is 5.95 Å². The van der Waals surface area contributed by atoms with Crippen LogP contribution in [0.25, 0.3) is 11.0 Å². The molecule has 134 valence electrons. The van der Waals surface area contributed by atoms with Gasteiger partial charge in [-0.15, -0.1) is 0 Å². The van der Waals surface area contributed by atoms with E-state index in [1.807, 2.05) is 48.5 Å². The molecule has 2 heterocycles. The summed E-state index contributed by atoms with van der Waals surface area (Å²) in [4.78, 5) is 4.79. The molecule has 0 unspecified atom stereocenters. The Morgan fingerprint density at radius 2 is 1.70 bits per heavy atom. The van der Waals surface area contributed by atoms with E-state index < -0.39 is 0 Å². The molecule has 0 amide bonds. The number of para-hydroxylation sites is 2. The van der Waals surface area contributed by atoms with Gasteiger partial charge in [0.25, 0.3) is 0 Å². The Balaban J connectivity index is 1.68. The van der Waals surface area contributed by atoms with Crippen molar-refractivity contribution in [3.05, 3.63) is 94.8 Å². The van der Waals surface area contributed by atoms with E-state index >= 15 is 0 Å². The fourth-order valence-corrected chi connectivity index (χ4v) is 4.19. The van der Waals surface area contributed by atoms with Crippen molar-refractivity contribution in [2.24, 2.45) is 0 Å². The number of nitrogens with zero attached hydrogens (tertiary/aromatic N) is 2. The van der Waals surface area contributed by atoms with Crippen molar-refractivity contribution in [2.45, 2.75) is 18.5 Å². The molecule has 5 rings (SSSR count). The first-order valence-electron chi connectivity index (χ1n) is 8.94. The van der Waals surface area contributed by atoms with E-state index in [-0.39, 0.29) is 17.9 Å². The van der Waals surface area contributed by atoms with Crippen LogP contribution in [0.2, 0.25) is 5.02 Å². The summed E-state index contributed by atoms with van der Waals surface area (Å²) >= 11 is 6.55. The first-order valence-corrected chi connectivity index (χ1v) is 9.32. The predicted molar refractivity (Wildman–Crippen MR) is 107 cm³/mol. The Hall–Kier alpha value is -2.85. The lowest BCUT2D eigenvalue weighted by atomic mass is 9.93. The molecule has 3 nitrogen and oxygen atoms in total. The third kappa shape index (κ3) is 2.77. The Labute approximate surface area is 161 Å². The van der Waals surface area contributed by atoms with Crippen molar-refractivity contribution in [1.82, 2.24) is 9.55 Å². The second-order valence-corrected chi connectivity index (χ2v) is 7.22. The molecule has 1 N–H and O–H groups in total. The summed E-state index contributed by atoms with van der Waals surface area (Å²) in [7, 11) is 0. The number of fused-ring (bicyclic) bond motifs is 3. The molecule has 2 atom stereocenters. The molecular formula is C22H17ClFN3. The average Bonchev–Trinajstić information content (AvgIpc) is 3.07. The number of imidazole rings is 1. The van der Waals surface area contributed by atoms with Gasteiger partial charge in [0, 0.05) is 5.02 Å². The minimum atomic E-state index is -0.232. The third-order valence-corrected chi connectivity index (χ3v) is 5.55. The number of hydrogen-bond acceptors (Lipinski definition) is 2. The van der Waals surface area contributed by atoms with Crippen LogP contribution < -0.4 is 5.32 Å². The van der Waals surface area contributed by atoms with Gasteiger partial charge < -0.3 is 9.88 Å². The molecule has 1 aliphatic rings. The van der Waals surface area contributed by atoms with Crippen molar-refractivity contribution in [3.8, 4) is 0 Å². The van der Waals surface area contributed by atoms with Crippen LogP contribution in [-0.4, -0.2) is 9.55 Å².